The molecule has 4 bridgehead atoms. The van der Waals surface area contributed by atoms with Crippen LogP contribution in [0.15, 0.2) is 83.8 Å². The van der Waals surface area contributed by atoms with Gasteiger partial charge in [0.1, 0.15) is 0 Å². The lowest BCUT2D eigenvalue weighted by Gasteiger charge is -2.56. The molecule has 3 aromatic rings. The van der Waals surface area contributed by atoms with E-state index in [0.717, 1.165) is 71.6 Å². The third kappa shape index (κ3) is 6.25. The van der Waals surface area contributed by atoms with Crippen molar-refractivity contribution < 1.29 is 19.4 Å². The summed E-state index contributed by atoms with van der Waals surface area (Å²) < 4.78 is 13.0. The summed E-state index contributed by atoms with van der Waals surface area (Å²) in [6.45, 7) is 0.0226. The minimum Gasteiger partial charge on any atom is -0.392 e. The number of carbonyl (C=O) groups is 1. The average molecular weight is 585 g/mol. The van der Waals surface area contributed by atoms with Crippen LogP contribution in [0.1, 0.15) is 74.0 Å². The fourth-order valence-corrected chi connectivity index (χ4v) is 9.06. The number of hydrogen-bond donors (Lipinski definition) is 3. The molecule has 2 amide bonds. The fourth-order valence-electron chi connectivity index (χ4n) is 8.12. The molecule has 5 fully saturated rings. The van der Waals surface area contributed by atoms with Crippen molar-refractivity contribution in [2.24, 2.45) is 17.8 Å². The van der Waals surface area contributed by atoms with E-state index in [1.807, 2.05) is 54.6 Å². The average Bonchev–Trinajstić information content (AvgIpc) is 3.00. The van der Waals surface area contributed by atoms with Crippen molar-refractivity contribution >= 4 is 23.5 Å². The molecule has 4 saturated carbocycles. The summed E-state index contributed by atoms with van der Waals surface area (Å²) in [6.07, 6.45) is 7.58. The van der Waals surface area contributed by atoms with Gasteiger partial charge in [-0.3, -0.25) is 0 Å². The summed E-state index contributed by atoms with van der Waals surface area (Å²) in [4.78, 5) is 14.3. The van der Waals surface area contributed by atoms with Crippen LogP contribution in [0.3, 0.4) is 0 Å². The molecule has 3 N–H and O–H groups in total. The molecular formula is C35H40N2O4S. The van der Waals surface area contributed by atoms with Gasteiger partial charge in [0.15, 0.2) is 6.29 Å². The molecule has 0 radical (unpaired) electrons. The number of carbonyl (C=O) groups excluding carboxylic acids is 1. The normalized spacial score (nSPS) is 31.5. The van der Waals surface area contributed by atoms with Gasteiger partial charge in [0.25, 0.3) is 0 Å². The van der Waals surface area contributed by atoms with Crippen molar-refractivity contribution in [3.8, 4) is 0 Å². The van der Waals surface area contributed by atoms with E-state index in [4.69, 9.17) is 9.47 Å². The summed E-state index contributed by atoms with van der Waals surface area (Å²) in [5.74, 6) is 3.19. The van der Waals surface area contributed by atoms with E-state index >= 15 is 0 Å². The maximum absolute atomic E-state index is 13.1. The lowest BCUT2D eigenvalue weighted by atomic mass is 9.53. The van der Waals surface area contributed by atoms with Gasteiger partial charge in [0, 0.05) is 33.9 Å². The highest BCUT2D eigenvalue weighted by molar-refractivity contribution is 7.99. The number of amides is 2. The Morgan fingerprint density at radius 1 is 0.810 bits per heavy atom. The number of hydrogen-bond acceptors (Lipinski definition) is 5. The second-order valence-corrected chi connectivity index (χ2v) is 14.0. The molecule has 0 unspecified atom stereocenters. The Labute approximate surface area is 252 Å². The van der Waals surface area contributed by atoms with E-state index in [0.29, 0.717) is 0 Å². The highest BCUT2D eigenvalue weighted by Crippen LogP contribution is 2.55. The van der Waals surface area contributed by atoms with Crippen molar-refractivity contribution in [3.05, 3.63) is 95.6 Å². The van der Waals surface area contributed by atoms with Crippen LogP contribution < -0.4 is 10.6 Å². The predicted octanol–water partition coefficient (Wildman–Crippen LogP) is 7.61. The van der Waals surface area contributed by atoms with Gasteiger partial charge in [0.2, 0.25) is 0 Å². The quantitative estimate of drug-likeness (QED) is 0.238. The summed E-state index contributed by atoms with van der Waals surface area (Å²) in [5, 5.41) is 16.0. The number of anilines is 1. The molecule has 4 aliphatic carbocycles. The van der Waals surface area contributed by atoms with Crippen molar-refractivity contribution in [1.29, 1.82) is 0 Å². The monoisotopic (exact) mass is 584 g/mol. The molecule has 5 aliphatic rings. The van der Waals surface area contributed by atoms with Crippen LogP contribution in [0, 0.1) is 17.8 Å². The predicted molar refractivity (Wildman–Crippen MR) is 165 cm³/mol. The largest absolute Gasteiger partial charge is 0.392 e. The number of aliphatic hydroxyl groups excluding tert-OH is 1. The van der Waals surface area contributed by atoms with E-state index in [-0.39, 0.29) is 30.4 Å². The van der Waals surface area contributed by atoms with E-state index in [1.165, 1.54) is 24.2 Å². The molecule has 3 atom stereocenters. The molecule has 0 spiro atoms. The number of nitrogens with one attached hydrogen (secondary N) is 2. The molecular weight excluding hydrogens is 544 g/mol. The summed E-state index contributed by atoms with van der Waals surface area (Å²) >= 11 is 1.79. The van der Waals surface area contributed by atoms with Gasteiger partial charge in [-0.15, -0.1) is 11.8 Å². The fraction of sp³-hybridized carbons (Fsp3) is 0.457. The van der Waals surface area contributed by atoms with Crippen LogP contribution >= 0.6 is 11.8 Å². The molecule has 8 rings (SSSR count). The smallest absolute Gasteiger partial charge is 0.319 e. The zero-order valence-corrected chi connectivity index (χ0v) is 24.7. The number of thioether (sulfide) groups is 1. The van der Waals surface area contributed by atoms with Gasteiger partial charge in [-0.1, -0.05) is 54.6 Å². The zero-order valence-electron chi connectivity index (χ0n) is 23.9. The third-order valence-corrected chi connectivity index (χ3v) is 10.8. The highest BCUT2D eigenvalue weighted by atomic mass is 32.2. The van der Waals surface area contributed by atoms with Crippen LogP contribution in [0.5, 0.6) is 0 Å². The van der Waals surface area contributed by atoms with Crippen molar-refractivity contribution in [1.82, 2.24) is 5.32 Å². The second kappa shape index (κ2) is 12.0. The van der Waals surface area contributed by atoms with Crippen LogP contribution in [0.25, 0.3) is 0 Å². The Kier molecular flexibility index (Phi) is 8.01. The van der Waals surface area contributed by atoms with Gasteiger partial charge >= 0.3 is 6.03 Å². The minimum absolute atomic E-state index is 0.000310. The van der Waals surface area contributed by atoms with Gasteiger partial charge in [-0.05, 0) is 91.7 Å². The maximum Gasteiger partial charge on any atom is 0.319 e. The summed E-state index contributed by atoms with van der Waals surface area (Å²) in [7, 11) is 0. The lowest BCUT2D eigenvalue weighted by molar-refractivity contribution is -0.245. The van der Waals surface area contributed by atoms with E-state index in [9.17, 15) is 9.90 Å². The van der Waals surface area contributed by atoms with E-state index in [2.05, 4.69) is 34.9 Å². The number of ether oxygens (including phenoxy) is 2. The highest BCUT2D eigenvalue weighted by Gasteiger charge is 2.51. The number of rotatable bonds is 8. The van der Waals surface area contributed by atoms with Gasteiger partial charge < -0.3 is 25.2 Å². The van der Waals surface area contributed by atoms with Gasteiger partial charge in [-0.25, -0.2) is 4.79 Å². The SMILES string of the molecule is O=C(Nc1ccc([C@H]2O[C@@H](CSc3ccccc3)C[C@@H](c3ccc(CO)cc3)O2)cc1)NC12CC3CC(CC(C3)C1)C2. The maximum atomic E-state index is 13.1. The van der Waals surface area contributed by atoms with Crippen LogP contribution in [-0.2, 0) is 16.1 Å². The Bertz CT molecular complexity index is 1330. The molecule has 0 aromatic heterocycles. The first-order valence-electron chi connectivity index (χ1n) is 15.4. The summed E-state index contributed by atoms with van der Waals surface area (Å²) in [6, 6.07) is 26.1. The van der Waals surface area contributed by atoms with E-state index < -0.39 is 6.29 Å². The topological polar surface area (TPSA) is 79.8 Å². The first-order valence-corrected chi connectivity index (χ1v) is 16.4. The summed E-state index contributed by atoms with van der Waals surface area (Å²) in [5.41, 5.74) is 3.64. The first-order chi connectivity index (χ1) is 20.5. The molecule has 6 nitrogen and oxygen atoms in total. The van der Waals surface area contributed by atoms with Crippen molar-refractivity contribution in [3.63, 3.8) is 0 Å². The first kappa shape index (κ1) is 28.0. The van der Waals surface area contributed by atoms with Crippen molar-refractivity contribution in [2.75, 3.05) is 11.1 Å². The second-order valence-electron chi connectivity index (χ2n) is 12.9. The molecule has 1 heterocycles. The lowest BCUT2D eigenvalue weighted by Crippen LogP contribution is -2.60. The van der Waals surface area contributed by atoms with E-state index in [1.54, 1.807) is 11.8 Å². The Balaban J connectivity index is 1.02. The molecule has 220 valence electrons. The third-order valence-electron chi connectivity index (χ3n) is 9.65. The zero-order chi connectivity index (χ0) is 28.5. The molecule has 7 heteroatoms. The standard InChI is InChI=1S/C35H40N2O4S/c38-21-23-6-8-27(9-7-23)32-17-30(22-42-31-4-2-1-3-5-31)40-33(41-32)28-10-12-29(13-11-28)36-34(39)37-35-18-24-14-25(19-35)16-26(15-24)20-35/h1-13,24-26,30,32-33,38H,14-22H2,(H2,36,37,39)/t24?,25?,26?,30-,32+,33+,35?/m1/s1. The molecule has 1 saturated heterocycles. The van der Waals surface area contributed by atoms with Crippen molar-refractivity contribution in [2.45, 2.75) is 80.5 Å². The Morgan fingerprint density at radius 3 is 2.10 bits per heavy atom. The molecule has 42 heavy (non-hydrogen) atoms. The van der Waals surface area contributed by atoms with Gasteiger partial charge in [-0.2, -0.15) is 0 Å². The Morgan fingerprint density at radius 2 is 1.45 bits per heavy atom. The van der Waals surface area contributed by atoms with Crippen LogP contribution in [0.4, 0.5) is 10.5 Å². The minimum atomic E-state index is -0.516. The molecule has 1 aliphatic heterocycles. The van der Waals surface area contributed by atoms with Crippen LogP contribution in [0.2, 0.25) is 0 Å². The molecule has 3 aromatic carbocycles. The number of aliphatic hydroxyl groups is 1. The van der Waals surface area contributed by atoms with Gasteiger partial charge in [0.05, 0.1) is 18.8 Å². The number of urea groups is 1. The number of benzene rings is 3. The Hall–Kier alpha value is -2.84. The van der Waals surface area contributed by atoms with Crippen LogP contribution in [-0.4, -0.2) is 28.5 Å².